The standard InChI is InChI=1S/C14H24N2O4/c1-4-6-15-13(17)10(3)16(7-5-2)12-9-20-8-11(12)14(18)19/h4,10-12H,1,5-9H2,2-3H3,(H,15,17)(H,18,19). The molecular formula is C14H24N2O4. The third kappa shape index (κ3) is 4.05. The molecule has 1 rings (SSSR count). The molecule has 3 unspecified atom stereocenters. The lowest BCUT2D eigenvalue weighted by molar-refractivity contribution is -0.144. The van der Waals surface area contributed by atoms with E-state index in [1.165, 1.54) is 0 Å². The van der Waals surface area contributed by atoms with E-state index in [1.54, 1.807) is 13.0 Å². The lowest BCUT2D eigenvalue weighted by atomic mass is 10.00. The zero-order chi connectivity index (χ0) is 15.1. The van der Waals surface area contributed by atoms with Crippen LogP contribution >= 0.6 is 0 Å². The van der Waals surface area contributed by atoms with E-state index in [-0.39, 0.29) is 24.6 Å². The Morgan fingerprint density at radius 2 is 2.25 bits per heavy atom. The Kier molecular flexibility index (Phi) is 6.67. The van der Waals surface area contributed by atoms with Crippen molar-refractivity contribution in [2.45, 2.75) is 32.4 Å². The molecule has 114 valence electrons. The predicted molar refractivity (Wildman–Crippen MR) is 75.4 cm³/mol. The minimum absolute atomic E-state index is 0.116. The molecule has 1 aliphatic heterocycles. The Hall–Kier alpha value is -1.40. The van der Waals surface area contributed by atoms with Crippen LogP contribution in [0.1, 0.15) is 20.3 Å². The molecule has 1 heterocycles. The zero-order valence-corrected chi connectivity index (χ0v) is 12.2. The Morgan fingerprint density at radius 3 is 2.80 bits per heavy atom. The highest BCUT2D eigenvalue weighted by Crippen LogP contribution is 2.22. The third-order valence-corrected chi connectivity index (χ3v) is 3.57. The SMILES string of the molecule is C=CCNC(=O)C(C)N(CCC)C1COCC1C(=O)O. The molecule has 0 spiro atoms. The van der Waals surface area contributed by atoms with Crippen molar-refractivity contribution < 1.29 is 19.4 Å². The van der Waals surface area contributed by atoms with Gasteiger partial charge in [-0.25, -0.2) is 0 Å². The molecule has 1 amide bonds. The fraction of sp³-hybridized carbons (Fsp3) is 0.714. The smallest absolute Gasteiger partial charge is 0.310 e. The van der Waals surface area contributed by atoms with Crippen molar-refractivity contribution >= 4 is 11.9 Å². The van der Waals surface area contributed by atoms with Gasteiger partial charge in [0.15, 0.2) is 0 Å². The van der Waals surface area contributed by atoms with Crippen molar-refractivity contribution in [2.75, 3.05) is 26.3 Å². The van der Waals surface area contributed by atoms with Crippen molar-refractivity contribution in [3.8, 4) is 0 Å². The number of carbonyl (C=O) groups is 2. The molecule has 0 saturated carbocycles. The monoisotopic (exact) mass is 284 g/mol. The summed E-state index contributed by atoms with van der Waals surface area (Å²) < 4.78 is 5.30. The van der Waals surface area contributed by atoms with Crippen molar-refractivity contribution in [2.24, 2.45) is 5.92 Å². The zero-order valence-electron chi connectivity index (χ0n) is 12.2. The number of carboxylic acid groups (broad SMARTS) is 1. The van der Waals surface area contributed by atoms with Crippen LogP contribution < -0.4 is 5.32 Å². The summed E-state index contributed by atoms with van der Waals surface area (Å²) in [7, 11) is 0. The van der Waals surface area contributed by atoms with Crippen LogP contribution in [0, 0.1) is 5.92 Å². The summed E-state index contributed by atoms with van der Waals surface area (Å²) in [5.74, 6) is -1.56. The van der Waals surface area contributed by atoms with Crippen LogP contribution in [-0.4, -0.2) is 60.3 Å². The third-order valence-electron chi connectivity index (χ3n) is 3.57. The highest BCUT2D eigenvalue weighted by molar-refractivity contribution is 5.81. The Balaban J connectivity index is 2.78. The quantitative estimate of drug-likeness (QED) is 0.634. The van der Waals surface area contributed by atoms with Crippen LogP contribution in [-0.2, 0) is 14.3 Å². The molecule has 1 fully saturated rings. The average molecular weight is 284 g/mol. The number of hydrogen-bond donors (Lipinski definition) is 2. The van der Waals surface area contributed by atoms with E-state index in [0.717, 1.165) is 6.42 Å². The maximum Gasteiger partial charge on any atom is 0.310 e. The van der Waals surface area contributed by atoms with Crippen molar-refractivity contribution in [1.82, 2.24) is 10.2 Å². The molecule has 0 aromatic carbocycles. The number of nitrogens with one attached hydrogen (secondary N) is 1. The molecule has 1 saturated heterocycles. The van der Waals surface area contributed by atoms with Gasteiger partial charge in [-0.3, -0.25) is 14.5 Å². The molecule has 3 atom stereocenters. The second-order valence-corrected chi connectivity index (χ2v) is 5.00. The second-order valence-electron chi connectivity index (χ2n) is 5.00. The van der Waals surface area contributed by atoms with E-state index in [9.17, 15) is 14.7 Å². The van der Waals surface area contributed by atoms with Crippen LogP contribution in [0.3, 0.4) is 0 Å². The first-order chi connectivity index (χ1) is 9.52. The molecule has 0 radical (unpaired) electrons. The van der Waals surface area contributed by atoms with Crippen molar-refractivity contribution in [3.63, 3.8) is 0 Å². The number of carboxylic acids is 1. The highest BCUT2D eigenvalue weighted by atomic mass is 16.5. The van der Waals surface area contributed by atoms with Gasteiger partial charge in [-0.05, 0) is 19.9 Å². The number of carbonyl (C=O) groups excluding carboxylic acids is 1. The molecule has 20 heavy (non-hydrogen) atoms. The van der Waals surface area contributed by atoms with Crippen LogP contribution in [0.15, 0.2) is 12.7 Å². The average Bonchev–Trinajstić information content (AvgIpc) is 2.90. The first kappa shape index (κ1) is 16.7. The summed E-state index contributed by atoms with van der Waals surface area (Å²) in [6.07, 6.45) is 2.47. The van der Waals surface area contributed by atoms with Gasteiger partial charge >= 0.3 is 5.97 Å². The van der Waals surface area contributed by atoms with E-state index in [2.05, 4.69) is 11.9 Å². The van der Waals surface area contributed by atoms with Gasteiger partial charge in [-0.1, -0.05) is 13.0 Å². The summed E-state index contributed by atoms with van der Waals surface area (Å²) in [6, 6.07) is -0.639. The van der Waals surface area contributed by atoms with Gasteiger partial charge in [-0.2, -0.15) is 0 Å². The fourth-order valence-electron chi connectivity index (χ4n) is 2.48. The van der Waals surface area contributed by atoms with Gasteiger partial charge in [0, 0.05) is 12.6 Å². The topological polar surface area (TPSA) is 78.9 Å². The Morgan fingerprint density at radius 1 is 1.55 bits per heavy atom. The molecule has 1 aliphatic rings. The number of ether oxygens (including phenoxy) is 1. The molecule has 0 aromatic rings. The largest absolute Gasteiger partial charge is 0.481 e. The lowest BCUT2D eigenvalue weighted by Crippen LogP contribution is -2.53. The first-order valence-corrected chi connectivity index (χ1v) is 6.97. The molecular weight excluding hydrogens is 260 g/mol. The number of aliphatic carboxylic acids is 1. The number of amides is 1. The molecule has 6 heteroatoms. The summed E-state index contributed by atoms with van der Waals surface area (Å²) in [4.78, 5) is 25.3. The molecule has 0 aromatic heterocycles. The summed E-state index contributed by atoms with van der Waals surface area (Å²) >= 11 is 0. The predicted octanol–water partition coefficient (Wildman–Crippen LogP) is 0.489. The normalized spacial score (nSPS) is 23.6. The van der Waals surface area contributed by atoms with Gasteiger partial charge in [0.2, 0.25) is 5.91 Å². The number of hydrogen-bond acceptors (Lipinski definition) is 4. The van der Waals surface area contributed by atoms with Gasteiger partial charge in [0.05, 0.1) is 25.2 Å². The van der Waals surface area contributed by atoms with Crippen LogP contribution in [0.4, 0.5) is 0 Å². The van der Waals surface area contributed by atoms with Gasteiger partial charge < -0.3 is 15.2 Å². The van der Waals surface area contributed by atoms with E-state index >= 15 is 0 Å². The van der Waals surface area contributed by atoms with E-state index in [0.29, 0.717) is 19.7 Å². The molecule has 0 aliphatic carbocycles. The number of rotatable bonds is 8. The van der Waals surface area contributed by atoms with Crippen molar-refractivity contribution in [3.05, 3.63) is 12.7 Å². The summed E-state index contributed by atoms with van der Waals surface area (Å²) in [6.45, 7) is 9.01. The molecule has 6 nitrogen and oxygen atoms in total. The summed E-state index contributed by atoms with van der Waals surface area (Å²) in [5.41, 5.74) is 0. The molecule has 2 N–H and O–H groups in total. The highest BCUT2D eigenvalue weighted by Gasteiger charge is 2.40. The first-order valence-electron chi connectivity index (χ1n) is 6.97. The van der Waals surface area contributed by atoms with E-state index < -0.39 is 11.9 Å². The minimum atomic E-state index is -0.868. The van der Waals surface area contributed by atoms with Crippen LogP contribution in [0.5, 0.6) is 0 Å². The van der Waals surface area contributed by atoms with Gasteiger partial charge in [0.25, 0.3) is 0 Å². The maximum absolute atomic E-state index is 12.1. The number of nitrogens with zero attached hydrogens (tertiary/aromatic N) is 1. The van der Waals surface area contributed by atoms with Gasteiger partial charge in [-0.15, -0.1) is 6.58 Å². The summed E-state index contributed by atoms with van der Waals surface area (Å²) in [5, 5.41) is 12.0. The van der Waals surface area contributed by atoms with Crippen LogP contribution in [0.25, 0.3) is 0 Å². The van der Waals surface area contributed by atoms with Crippen molar-refractivity contribution in [1.29, 1.82) is 0 Å². The minimum Gasteiger partial charge on any atom is -0.481 e. The Labute approximate surface area is 119 Å². The van der Waals surface area contributed by atoms with E-state index in [4.69, 9.17) is 4.74 Å². The maximum atomic E-state index is 12.1. The fourth-order valence-corrected chi connectivity index (χ4v) is 2.48. The van der Waals surface area contributed by atoms with E-state index in [1.807, 2.05) is 11.8 Å². The Bertz CT molecular complexity index is 359. The van der Waals surface area contributed by atoms with Gasteiger partial charge in [0.1, 0.15) is 0 Å². The second kappa shape index (κ2) is 8.01. The lowest BCUT2D eigenvalue weighted by Gasteiger charge is -2.34. The molecule has 0 bridgehead atoms. The van der Waals surface area contributed by atoms with Crippen LogP contribution in [0.2, 0.25) is 0 Å².